The largest absolute Gasteiger partial charge is 0.465 e. The summed E-state index contributed by atoms with van der Waals surface area (Å²) < 4.78 is 5.93. The standard InChI is InChI=1S/C32H42N2O4/c1-20-17-24-25-9-10-28(36)31(25,3)14-11-26(24)32(19-37-21(2)35)15-12-27(34-38-23-13-16-33-18-23)29(30(20)32)22-7-5-4-6-8-22/h4-8,23-26,29-30,33H,1,9-19H2,2-3H3/b34-27-. The zero-order chi connectivity index (χ0) is 26.5. The van der Waals surface area contributed by atoms with E-state index in [4.69, 9.17) is 21.3 Å². The lowest BCUT2D eigenvalue weighted by Gasteiger charge is -2.62. The van der Waals surface area contributed by atoms with E-state index in [9.17, 15) is 9.59 Å². The lowest BCUT2D eigenvalue weighted by atomic mass is 9.42. The molecule has 1 heterocycles. The summed E-state index contributed by atoms with van der Waals surface area (Å²) >= 11 is 0. The van der Waals surface area contributed by atoms with Gasteiger partial charge in [0.25, 0.3) is 0 Å². The van der Waals surface area contributed by atoms with E-state index in [1.165, 1.54) is 18.1 Å². The number of esters is 1. The van der Waals surface area contributed by atoms with E-state index < -0.39 is 0 Å². The van der Waals surface area contributed by atoms with Gasteiger partial charge in [0, 0.05) is 49.0 Å². The molecule has 5 aliphatic rings. The Hall–Kier alpha value is -2.47. The zero-order valence-electron chi connectivity index (χ0n) is 22.9. The lowest BCUT2D eigenvalue weighted by Crippen LogP contribution is -2.59. The molecule has 0 spiro atoms. The van der Waals surface area contributed by atoms with Crippen LogP contribution in [0, 0.1) is 34.5 Å². The van der Waals surface area contributed by atoms with Crippen LogP contribution >= 0.6 is 0 Å². The predicted molar refractivity (Wildman–Crippen MR) is 147 cm³/mol. The lowest BCUT2D eigenvalue weighted by molar-refractivity contribution is -0.158. The average Bonchev–Trinajstić information content (AvgIpc) is 3.54. The maximum absolute atomic E-state index is 13.0. The van der Waals surface area contributed by atoms with Crippen molar-refractivity contribution in [3.63, 3.8) is 0 Å². The molecule has 0 radical (unpaired) electrons. The molecule has 5 fully saturated rings. The van der Waals surface area contributed by atoms with Gasteiger partial charge in [0.05, 0.1) is 12.3 Å². The number of nitrogens with one attached hydrogen (secondary N) is 1. The number of oxime groups is 1. The number of hydrogen-bond acceptors (Lipinski definition) is 6. The molecule has 0 amide bonds. The van der Waals surface area contributed by atoms with Crippen LogP contribution in [-0.2, 0) is 19.2 Å². The van der Waals surface area contributed by atoms with Gasteiger partial charge in [0.15, 0.2) is 0 Å². The SMILES string of the molecule is C=C1CC2C3CCC(=O)C3(C)CCC2C2(COC(C)=O)CC/C(=N/OC3CCNC3)C(c3ccccc3)C12. The summed E-state index contributed by atoms with van der Waals surface area (Å²) in [5, 5.41) is 8.20. The van der Waals surface area contributed by atoms with E-state index in [0.29, 0.717) is 36.6 Å². The van der Waals surface area contributed by atoms with Crippen LogP contribution in [0.3, 0.4) is 0 Å². The van der Waals surface area contributed by atoms with Gasteiger partial charge in [-0.15, -0.1) is 0 Å². The maximum atomic E-state index is 13.0. The number of carbonyl (C=O) groups excluding carboxylic acids is 2. The van der Waals surface area contributed by atoms with Crippen LogP contribution < -0.4 is 5.32 Å². The smallest absolute Gasteiger partial charge is 0.302 e. The van der Waals surface area contributed by atoms with Crippen LogP contribution in [0.4, 0.5) is 0 Å². The van der Waals surface area contributed by atoms with Crippen LogP contribution in [0.1, 0.15) is 76.7 Å². The monoisotopic (exact) mass is 518 g/mol. The van der Waals surface area contributed by atoms with Crippen molar-refractivity contribution in [2.24, 2.45) is 39.7 Å². The maximum Gasteiger partial charge on any atom is 0.302 e. The Balaban J connectivity index is 1.42. The Morgan fingerprint density at radius 3 is 2.68 bits per heavy atom. The van der Waals surface area contributed by atoms with Crippen LogP contribution in [0.5, 0.6) is 0 Å². The van der Waals surface area contributed by atoms with Crippen LogP contribution in [-0.4, -0.2) is 43.3 Å². The molecular weight excluding hydrogens is 476 g/mol. The van der Waals surface area contributed by atoms with Gasteiger partial charge in [-0.2, -0.15) is 0 Å². The minimum Gasteiger partial charge on any atom is -0.465 e. The van der Waals surface area contributed by atoms with Gasteiger partial charge in [-0.1, -0.05) is 54.6 Å². The average molecular weight is 519 g/mol. The minimum atomic E-state index is -0.227. The van der Waals surface area contributed by atoms with Crippen molar-refractivity contribution in [2.75, 3.05) is 19.7 Å². The van der Waals surface area contributed by atoms with E-state index >= 15 is 0 Å². The Morgan fingerprint density at radius 2 is 1.95 bits per heavy atom. The van der Waals surface area contributed by atoms with Crippen LogP contribution in [0.2, 0.25) is 0 Å². The Bertz CT molecular complexity index is 1130. The van der Waals surface area contributed by atoms with Crippen molar-refractivity contribution >= 4 is 17.5 Å². The quantitative estimate of drug-likeness (QED) is 0.319. The number of fused-ring (bicyclic) bond motifs is 5. The molecular formula is C32H42N2O4. The molecule has 1 aromatic carbocycles. The molecule has 6 heteroatoms. The number of allylic oxidation sites excluding steroid dienone is 1. The molecule has 0 bridgehead atoms. The first kappa shape index (κ1) is 25.8. The van der Waals surface area contributed by atoms with E-state index in [1.54, 1.807) is 0 Å². The highest BCUT2D eigenvalue weighted by Crippen LogP contribution is 2.68. The third-order valence-corrected chi connectivity index (χ3v) is 11.0. The highest BCUT2D eigenvalue weighted by Gasteiger charge is 2.64. The second-order valence-corrected chi connectivity index (χ2v) is 12.8. The summed E-state index contributed by atoms with van der Waals surface area (Å²) in [6.45, 7) is 10.7. The number of Topliss-reactive ketones (excluding diaryl/α,β-unsaturated/α-hetero) is 1. The van der Waals surface area contributed by atoms with E-state index in [2.05, 4.69) is 42.6 Å². The number of nitrogens with zero attached hydrogens (tertiary/aromatic N) is 1. The van der Waals surface area contributed by atoms with Crippen LogP contribution in [0.25, 0.3) is 0 Å². The van der Waals surface area contributed by atoms with Gasteiger partial charge >= 0.3 is 5.97 Å². The molecule has 6 rings (SSSR count). The van der Waals surface area contributed by atoms with Gasteiger partial charge in [-0.25, -0.2) is 0 Å². The summed E-state index contributed by atoms with van der Waals surface area (Å²) in [5.74, 6) is 1.58. The zero-order valence-corrected chi connectivity index (χ0v) is 22.9. The molecule has 8 unspecified atom stereocenters. The molecule has 0 aromatic heterocycles. The van der Waals surface area contributed by atoms with Gasteiger partial charge in [0.2, 0.25) is 0 Å². The number of ketones is 1. The third kappa shape index (κ3) is 4.14. The van der Waals surface area contributed by atoms with Gasteiger partial charge < -0.3 is 14.9 Å². The fourth-order valence-corrected chi connectivity index (χ4v) is 9.25. The third-order valence-electron chi connectivity index (χ3n) is 11.0. The number of ether oxygens (including phenoxy) is 1. The molecule has 4 saturated carbocycles. The summed E-state index contributed by atoms with van der Waals surface area (Å²) in [7, 11) is 0. The van der Waals surface area contributed by atoms with Crippen molar-refractivity contribution in [3.05, 3.63) is 48.0 Å². The minimum absolute atomic E-state index is 0.0434. The van der Waals surface area contributed by atoms with E-state index in [1.807, 2.05) is 0 Å². The molecule has 4 aliphatic carbocycles. The molecule has 1 N–H and O–H groups in total. The second kappa shape index (κ2) is 9.93. The topological polar surface area (TPSA) is 77.0 Å². The summed E-state index contributed by atoms with van der Waals surface area (Å²) in [6, 6.07) is 10.7. The van der Waals surface area contributed by atoms with E-state index in [0.717, 1.165) is 63.7 Å². The number of rotatable bonds is 5. The van der Waals surface area contributed by atoms with Crippen molar-refractivity contribution < 1.29 is 19.2 Å². The fourth-order valence-electron chi connectivity index (χ4n) is 9.25. The van der Waals surface area contributed by atoms with Crippen molar-refractivity contribution in [1.29, 1.82) is 0 Å². The van der Waals surface area contributed by atoms with Crippen molar-refractivity contribution in [2.45, 2.75) is 77.2 Å². The predicted octanol–water partition coefficient (Wildman–Crippen LogP) is 5.44. The normalized spacial score (nSPS) is 41.4. The fraction of sp³-hybridized carbons (Fsp3) is 0.656. The van der Waals surface area contributed by atoms with Gasteiger partial charge in [-0.05, 0) is 68.4 Å². The molecule has 204 valence electrons. The Labute approximate surface area is 226 Å². The van der Waals surface area contributed by atoms with Crippen molar-refractivity contribution in [3.8, 4) is 0 Å². The molecule has 1 aliphatic heterocycles. The molecule has 1 aromatic rings. The number of hydrogen-bond donors (Lipinski definition) is 1. The van der Waals surface area contributed by atoms with Crippen molar-refractivity contribution in [1.82, 2.24) is 5.32 Å². The summed E-state index contributed by atoms with van der Waals surface area (Å²) in [6.07, 6.45) is 7.37. The highest BCUT2D eigenvalue weighted by atomic mass is 16.6. The van der Waals surface area contributed by atoms with Crippen LogP contribution in [0.15, 0.2) is 47.6 Å². The number of carbonyl (C=O) groups is 2. The first-order valence-corrected chi connectivity index (χ1v) is 14.7. The molecule has 1 saturated heterocycles. The summed E-state index contributed by atoms with van der Waals surface area (Å²) in [5.41, 5.74) is 3.12. The highest BCUT2D eigenvalue weighted by molar-refractivity contribution is 5.92. The van der Waals surface area contributed by atoms with E-state index in [-0.39, 0.29) is 34.7 Å². The Morgan fingerprint density at radius 1 is 1.13 bits per heavy atom. The summed E-state index contributed by atoms with van der Waals surface area (Å²) in [4.78, 5) is 31.3. The molecule has 8 atom stereocenters. The Kier molecular flexibility index (Phi) is 6.74. The molecule has 38 heavy (non-hydrogen) atoms. The second-order valence-electron chi connectivity index (χ2n) is 12.8. The van der Waals surface area contributed by atoms with Gasteiger partial charge in [0.1, 0.15) is 11.9 Å². The molecule has 6 nitrogen and oxygen atoms in total. The number of benzene rings is 1. The first-order chi connectivity index (χ1) is 18.3. The first-order valence-electron chi connectivity index (χ1n) is 14.7. The van der Waals surface area contributed by atoms with Gasteiger partial charge in [-0.3, -0.25) is 9.59 Å².